The predicted octanol–water partition coefficient (Wildman–Crippen LogP) is 3.75. The highest BCUT2D eigenvalue weighted by atomic mass is 35.5. The molecule has 0 fully saturated rings. The van der Waals surface area contributed by atoms with E-state index in [1.807, 2.05) is 13.8 Å². The summed E-state index contributed by atoms with van der Waals surface area (Å²) in [6.07, 6.45) is 1.55. The van der Waals surface area contributed by atoms with Crippen LogP contribution in [0.1, 0.15) is 38.1 Å². The lowest BCUT2D eigenvalue weighted by Crippen LogP contribution is -2.29. The summed E-state index contributed by atoms with van der Waals surface area (Å²) < 4.78 is 5.53. The monoisotopic (exact) mass is 262 g/mol. The molecule has 0 atom stereocenters. The van der Waals surface area contributed by atoms with Crippen molar-refractivity contribution in [2.45, 2.75) is 39.2 Å². The molecule has 0 aliphatic carbocycles. The normalized spacial score (nSPS) is 11.9. The van der Waals surface area contributed by atoms with Gasteiger partial charge in [0, 0.05) is 12.7 Å². The molecule has 90 valence electrons. The molecule has 1 heterocycles. The van der Waals surface area contributed by atoms with E-state index in [1.54, 1.807) is 14.0 Å². The second-order valence-electron chi connectivity index (χ2n) is 3.66. The van der Waals surface area contributed by atoms with E-state index in [9.17, 15) is 0 Å². The van der Waals surface area contributed by atoms with E-state index in [-0.39, 0.29) is 0 Å². The molecule has 0 radical (unpaired) electrons. The Balaban J connectivity index is 3.31. The third-order valence-electron chi connectivity index (χ3n) is 2.97. The molecular weight excluding hydrogens is 247 g/mol. The second-order valence-corrected chi connectivity index (χ2v) is 4.38. The molecule has 0 saturated heterocycles. The number of ether oxygens (including phenoxy) is 1. The molecular formula is C11H16Cl2N2O. The minimum Gasteiger partial charge on any atom is -0.370 e. The molecule has 0 spiro atoms. The number of rotatable bonds is 4. The Morgan fingerprint density at radius 3 is 1.88 bits per heavy atom. The molecule has 0 unspecified atom stereocenters. The lowest BCUT2D eigenvalue weighted by atomic mass is 9.96. The number of nitrogens with zero attached hydrogens (tertiary/aromatic N) is 2. The van der Waals surface area contributed by atoms with Gasteiger partial charge in [-0.15, -0.1) is 0 Å². The van der Waals surface area contributed by atoms with Crippen LogP contribution in [0.25, 0.3) is 0 Å². The van der Waals surface area contributed by atoms with E-state index in [0.717, 1.165) is 12.8 Å². The van der Waals surface area contributed by atoms with Gasteiger partial charge >= 0.3 is 0 Å². The first-order valence-corrected chi connectivity index (χ1v) is 6.01. The highest BCUT2D eigenvalue weighted by Gasteiger charge is 2.32. The summed E-state index contributed by atoms with van der Waals surface area (Å²) in [7, 11) is 1.65. The van der Waals surface area contributed by atoms with Crippen molar-refractivity contribution in [1.29, 1.82) is 0 Å². The Kier molecular flexibility index (Phi) is 4.53. The number of methoxy groups -OCH3 is 1. The zero-order chi connectivity index (χ0) is 12.3. The van der Waals surface area contributed by atoms with E-state index in [4.69, 9.17) is 27.9 Å². The van der Waals surface area contributed by atoms with Crippen molar-refractivity contribution in [3.05, 3.63) is 21.7 Å². The lowest BCUT2D eigenvalue weighted by molar-refractivity contribution is -0.0291. The van der Waals surface area contributed by atoms with E-state index < -0.39 is 5.60 Å². The van der Waals surface area contributed by atoms with Crippen molar-refractivity contribution >= 4 is 23.2 Å². The molecule has 1 aromatic rings. The van der Waals surface area contributed by atoms with Gasteiger partial charge in [-0.2, -0.15) is 0 Å². The Morgan fingerprint density at radius 1 is 1.12 bits per heavy atom. The Labute approximate surface area is 106 Å². The van der Waals surface area contributed by atoms with Crippen LogP contribution in [0.2, 0.25) is 10.3 Å². The summed E-state index contributed by atoms with van der Waals surface area (Å²) in [4.78, 5) is 8.53. The molecule has 0 bridgehead atoms. The van der Waals surface area contributed by atoms with Crippen molar-refractivity contribution in [3.8, 4) is 0 Å². The fourth-order valence-corrected chi connectivity index (χ4v) is 2.00. The molecule has 0 aromatic carbocycles. The van der Waals surface area contributed by atoms with Crippen molar-refractivity contribution in [3.63, 3.8) is 0 Å². The number of halogens is 2. The summed E-state index contributed by atoms with van der Waals surface area (Å²) in [6, 6.07) is 0. The van der Waals surface area contributed by atoms with Crippen LogP contribution in [0.4, 0.5) is 0 Å². The van der Waals surface area contributed by atoms with Crippen LogP contribution in [-0.2, 0) is 10.3 Å². The predicted molar refractivity (Wildman–Crippen MR) is 66.1 cm³/mol. The van der Waals surface area contributed by atoms with Gasteiger partial charge in [-0.3, -0.25) is 0 Å². The zero-order valence-corrected chi connectivity index (χ0v) is 11.5. The van der Waals surface area contributed by atoms with Crippen LogP contribution in [0.3, 0.4) is 0 Å². The van der Waals surface area contributed by atoms with Gasteiger partial charge in [0.05, 0.1) is 0 Å². The molecule has 16 heavy (non-hydrogen) atoms. The second kappa shape index (κ2) is 5.30. The first-order chi connectivity index (χ1) is 7.50. The fraction of sp³-hybridized carbons (Fsp3) is 0.636. The van der Waals surface area contributed by atoms with E-state index >= 15 is 0 Å². The van der Waals surface area contributed by atoms with Crippen LogP contribution >= 0.6 is 23.2 Å². The summed E-state index contributed by atoms with van der Waals surface area (Å²) in [6.45, 7) is 5.84. The van der Waals surface area contributed by atoms with Crippen molar-refractivity contribution in [2.75, 3.05) is 7.11 Å². The summed E-state index contributed by atoms with van der Waals surface area (Å²) >= 11 is 12.0. The third-order valence-corrected chi connectivity index (χ3v) is 3.70. The maximum atomic E-state index is 6.00. The van der Waals surface area contributed by atoms with Gasteiger partial charge in [0.15, 0.2) is 5.82 Å². The molecule has 0 aliphatic rings. The highest BCUT2D eigenvalue weighted by Crippen LogP contribution is 2.32. The van der Waals surface area contributed by atoms with Crippen molar-refractivity contribution in [2.24, 2.45) is 0 Å². The average Bonchev–Trinajstić information content (AvgIpc) is 2.29. The van der Waals surface area contributed by atoms with Crippen LogP contribution in [-0.4, -0.2) is 17.1 Å². The first-order valence-electron chi connectivity index (χ1n) is 5.26. The van der Waals surface area contributed by atoms with Gasteiger partial charge in [0.1, 0.15) is 15.9 Å². The third kappa shape index (κ3) is 2.31. The maximum Gasteiger partial charge on any atom is 0.163 e. The molecule has 0 saturated carbocycles. The Bertz CT molecular complexity index is 347. The molecule has 5 heteroatoms. The molecule has 0 aliphatic heterocycles. The fourth-order valence-electron chi connectivity index (χ4n) is 1.61. The summed E-state index contributed by atoms with van der Waals surface area (Å²) in [5.74, 6) is 0.556. The van der Waals surface area contributed by atoms with Gasteiger partial charge in [-0.25, -0.2) is 9.97 Å². The van der Waals surface area contributed by atoms with E-state index in [1.165, 1.54) is 0 Å². The maximum absolute atomic E-state index is 6.00. The zero-order valence-electron chi connectivity index (χ0n) is 9.97. The lowest BCUT2D eigenvalue weighted by Gasteiger charge is -2.28. The number of hydrogen-bond donors (Lipinski definition) is 0. The highest BCUT2D eigenvalue weighted by molar-refractivity contribution is 6.34. The standard InChI is InChI=1S/C11H16Cl2N2O/c1-5-11(6-2,16-4)10-14-8(12)7(3)9(13)15-10/h5-6H2,1-4H3. The van der Waals surface area contributed by atoms with Crippen LogP contribution in [0.15, 0.2) is 0 Å². The SMILES string of the molecule is CCC(CC)(OC)c1nc(Cl)c(C)c(Cl)n1. The van der Waals surface area contributed by atoms with Gasteiger partial charge < -0.3 is 4.74 Å². The van der Waals surface area contributed by atoms with Crippen LogP contribution in [0, 0.1) is 6.92 Å². The molecule has 1 aromatic heterocycles. The molecule has 3 nitrogen and oxygen atoms in total. The quantitative estimate of drug-likeness (QED) is 0.776. The number of aromatic nitrogens is 2. The first kappa shape index (κ1) is 13.7. The Morgan fingerprint density at radius 2 is 1.56 bits per heavy atom. The summed E-state index contributed by atoms with van der Waals surface area (Å²) in [5, 5.41) is 0.775. The van der Waals surface area contributed by atoms with Gasteiger partial charge in [0.2, 0.25) is 0 Å². The van der Waals surface area contributed by atoms with Crippen molar-refractivity contribution in [1.82, 2.24) is 9.97 Å². The van der Waals surface area contributed by atoms with Crippen molar-refractivity contribution < 1.29 is 4.74 Å². The molecule has 0 amide bonds. The van der Waals surface area contributed by atoms with E-state index in [0.29, 0.717) is 21.7 Å². The largest absolute Gasteiger partial charge is 0.370 e. The minimum absolute atomic E-state index is 0.387. The smallest absolute Gasteiger partial charge is 0.163 e. The average molecular weight is 263 g/mol. The Hall–Kier alpha value is -0.380. The van der Waals surface area contributed by atoms with Gasteiger partial charge in [-0.1, -0.05) is 37.0 Å². The van der Waals surface area contributed by atoms with Crippen LogP contribution in [0.5, 0.6) is 0 Å². The number of hydrogen-bond acceptors (Lipinski definition) is 3. The summed E-state index contributed by atoms with van der Waals surface area (Å²) in [5.41, 5.74) is 0.199. The molecule has 0 N–H and O–H groups in total. The van der Waals surface area contributed by atoms with Crippen LogP contribution < -0.4 is 0 Å². The minimum atomic E-state index is -0.499. The van der Waals surface area contributed by atoms with E-state index in [2.05, 4.69) is 9.97 Å². The van der Waals surface area contributed by atoms with Gasteiger partial charge in [-0.05, 0) is 19.8 Å². The molecule has 1 rings (SSSR count). The topological polar surface area (TPSA) is 35.0 Å². The van der Waals surface area contributed by atoms with Gasteiger partial charge in [0.25, 0.3) is 0 Å².